The number of aromatic hydroxyl groups is 2. The molecule has 1 saturated carbocycles. The van der Waals surface area contributed by atoms with Crippen molar-refractivity contribution in [3.63, 3.8) is 0 Å². The number of carbonyl (C=O) groups is 4. The Morgan fingerprint density at radius 2 is 1.70 bits per heavy atom. The standard InChI is InChI=1S/C29H23NO10/c1-9-5-14(33)18-20-15(9)23(35)21-25(40-11(3)31)28(20,8-39-27(18)37)24-22(34)12-7-30-26(36)17-13(32)6-10(2)19(16(12)17)29(21,24)38-4/h5-7,21,24-25,32-33H,8H2,1-4H3,(H,30,36)/t21-,24+,25-,28-,29+/m0/s1. The van der Waals surface area contributed by atoms with E-state index in [1.807, 2.05) is 0 Å². The summed E-state index contributed by atoms with van der Waals surface area (Å²) in [5, 5.41) is 21.7. The van der Waals surface area contributed by atoms with Crippen LogP contribution in [0.25, 0.3) is 10.8 Å². The maximum Gasteiger partial charge on any atom is 0.342 e. The normalized spacial score (nSPS) is 29.2. The van der Waals surface area contributed by atoms with Gasteiger partial charge in [-0.2, -0.15) is 0 Å². The fraction of sp³-hybridized carbons (Fsp3) is 0.345. The zero-order valence-electron chi connectivity index (χ0n) is 21.8. The number of aryl methyl sites for hydroxylation is 2. The zero-order valence-corrected chi connectivity index (χ0v) is 21.8. The van der Waals surface area contributed by atoms with Crippen molar-refractivity contribution < 1.29 is 43.6 Å². The summed E-state index contributed by atoms with van der Waals surface area (Å²) in [6.07, 6.45) is -0.0822. The molecule has 0 unspecified atom stereocenters. The highest BCUT2D eigenvalue weighted by molar-refractivity contribution is 6.19. The number of nitrogens with one attached hydrogen (secondary N) is 1. The molecule has 2 aromatic carbocycles. The molecule has 3 aliphatic carbocycles. The van der Waals surface area contributed by atoms with Crippen molar-refractivity contribution in [3.05, 3.63) is 67.6 Å². The highest BCUT2D eigenvalue weighted by Crippen LogP contribution is 2.70. The number of ether oxygens (including phenoxy) is 3. The van der Waals surface area contributed by atoms with Crippen LogP contribution in [0.4, 0.5) is 0 Å². The van der Waals surface area contributed by atoms with Crippen molar-refractivity contribution in [1.82, 2.24) is 4.98 Å². The highest BCUT2D eigenvalue weighted by atomic mass is 16.6. The molecule has 11 nitrogen and oxygen atoms in total. The quantitative estimate of drug-likeness (QED) is 0.405. The summed E-state index contributed by atoms with van der Waals surface area (Å²) in [5.41, 5.74) is -2.92. The van der Waals surface area contributed by atoms with Crippen LogP contribution in [0.2, 0.25) is 0 Å². The molecule has 0 amide bonds. The van der Waals surface area contributed by atoms with Gasteiger partial charge >= 0.3 is 11.9 Å². The maximum absolute atomic E-state index is 14.7. The minimum absolute atomic E-state index is 0.0640. The molecule has 5 atom stereocenters. The molecule has 2 bridgehead atoms. The molecule has 0 saturated heterocycles. The Labute approximate surface area is 225 Å². The van der Waals surface area contributed by atoms with Crippen LogP contribution in [-0.4, -0.2) is 58.5 Å². The van der Waals surface area contributed by atoms with Crippen LogP contribution >= 0.6 is 0 Å². The van der Waals surface area contributed by atoms with E-state index in [1.165, 1.54) is 32.4 Å². The highest BCUT2D eigenvalue weighted by Gasteiger charge is 2.80. The number of carbonyl (C=O) groups excluding carboxylic acids is 4. The van der Waals surface area contributed by atoms with Crippen molar-refractivity contribution >= 4 is 34.3 Å². The van der Waals surface area contributed by atoms with Gasteiger partial charge in [-0.15, -0.1) is 0 Å². The third-order valence-electron chi connectivity index (χ3n) is 9.26. The topological polar surface area (TPSA) is 169 Å². The van der Waals surface area contributed by atoms with Crippen molar-refractivity contribution in [3.8, 4) is 11.5 Å². The Balaban J connectivity index is 1.73. The largest absolute Gasteiger partial charge is 0.507 e. The average Bonchev–Trinajstić information content (AvgIpc) is 3.06. The van der Waals surface area contributed by atoms with Crippen LogP contribution in [0.3, 0.4) is 0 Å². The van der Waals surface area contributed by atoms with E-state index >= 15 is 0 Å². The lowest BCUT2D eigenvalue weighted by Gasteiger charge is -2.47. The van der Waals surface area contributed by atoms with Crippen LogP contribution in [0.5, 0.6) is 11.5 Å². The van der Waals surface area contributed by atoms with Gasteiger partial charge in [0.25, 0.3) is 5.56 Å². The van der Waals surface area contributed by atoms with Crippen LogP contribution in [0.15, 0.2) is 23.1 Å². The van der Waals surface area contributed by atoms with E-state index in [9.17, 15) is 34.2 Å². The summed E-state index contributed by atoms with van der Waals surface area (Å²) in [6, 6.07) is 2.66. The first-order valence-corrected chi connectivity index (χ1v) is 12.7. The van der Waals surface area contributed by atoms with E-state index in [2.05, 4.69) is 4.98 Å². The number of phenols is 2. The van der Waals surface area contributed by atoms with Gasteiger partial charge in [-0.05, 0) is 48.2 Å². The Bertz CT molecular complexity index is 1850. The molecule has 40 heavy (non-hydrogen) atoms. The molecular formula is C29H23NO10. The van der Waals surface area contributed by atoms with Crippen LogP contribution < -0.4 is 5.56 Å². The average molecular weight is 546 g/mol. The van der Waals surface area contributed by atoms with Crippen LogP contribution in [0, 0.1) is 25.7 Å². The second kappa shape index (κ2) is 7.36. The van der Waals surface area contributed by atoms with Gasteiger partial charge in [0.15, 0.2) is 11.6 Å². The molecule has 4 aliphatic rings. The molecule has 1 aromatic heterocycles. The van der Waals surface area contributed by atoms with E-state index in [-0.39, 0.29) is 38.8 Å². The first-order chi connectivity index (χ1) is 18.9. The van der Waals surface area contributed by atoms with Gasteiger partial charge in [0.2, 0.25) is 0 Å². The lowest BCUT2D eigenvalue weighted by atomic mass is 9.59. The van der Waals surface area contributed by atoms with E-state index in [4.69, 9.17) is 14.2 Å². The van der Waals surface area contributed by atoms with E-state index in [0.717, 1.165) is 0 Å². The van der Waals surface area contributed by atoms with Gasteiger partial charge in [-0.3, -0.25) is 19.2 Å². The number of cyclic esters (lactones) is 1. The molecular weight excluding hydrogens is 522 g/mol. The van der Waals surface area contributed by atoms with Gasteiger partial charge in [-0.1, -0.05) is 0 Å². The molecule has 7 rings (SSSR count). The van der Waals surface area contributed by atoms with Crippen molar-refractivity contribution in [2.75, 3.05) is 13.7 Å². The smallest absolute Gasteiger partial charge is 0.342 e. The maximum atomic E-state index is 14.7. The SMILES string of the molecule is CO[C@@]12c3c(C)cc(O)c4c(=O)[nH]cc(c34)C(=O)[C@@H]1[C@]13COC(=O)c4c(O)cc(C)c(c41)C(=O)[C@H]2[C@@H]3OC(C)=O. The Morgan fingerprint density at radius 3 is 2.38 bits per heavy atom. The lowest BCUT2D eigenvalue weighted by Crippen LogP contribution is -2.57. The van der Waals surface area contributed by atoms with Gasteiger partial charge in [0.05, 0.1) is 22.6 Å². The number of hydrogen-bond acceptors (Lipinski definition) is 10. The molecule has 2 heterocycles. The summed E-state index contributed by atoms with van der Waals surface area (Å²) in [4.78, 5) is 70.3. The Morgan fingerprint density at radius 1 is 1.00 bits per heavy atom. The third kappa shape index (κ3) is 2.40. The number of aromatic amines is 1. The van der Waals surface area contributed by atoms with E-state index in [0.29, 0.717) is 16.7 Å². The number of esters is 2. The molecule has 1 fully saturated rings. The molecule has 204 valence electrons. The number of aromatic nitrogens is 1. The number of pyridine rings is 1. The number of methoxy groups -OCH3 is 1. The predicted molar refractivity (Wildman–Crippen MR) is 136 cm³/mol. The fourth-order valence-electron chi connectivity index (χ4n) is 8.17. The Hall–Kier alpha value is -4.51. The second-order valence-electron chi connectivity index (χ2n) is 11.0. The van der Waals surface area contributed by atoms with Crippen LogP contribution in [-0.2, 0) is 30.0 Å². The van der Waals surface area contributed by atoms with Gasteiger partial charge in [-0.25, -0.2) is 4.79 Å². The summed E-state index contributed by atoms with van der Waals surface area (Å²) in [6.45, 7) is 4.00. The first-order valence-electron chi connectivity index (χ1n) is 12.7. The number of phenolic OH excluding ortho intramolecular Hbond substituents is 2. The van der Waals surface area contributed by atoms with Crippen molar-refractivity contribution in [2.24, 2.45) is 11.8 Å². The van der Waals surface area contributed by atoms with Crippen molar-refractivity contribution in [1.29, 1.82) is 0 Å². The molecule has 1 aliphatic heterocycles. The summed E-state index contributed by atoms with van der Waals surface area (Å²) < 4.78 is 17.7. The van der Waals surface area contributed by atoms with Gasteiger partial charge in [0.1, 0.15) is 35.4 Å². The minimum Gasteiger partial charge on any atom is -0.507 e. The lowest BCUT2D eigenvalue weighted by molar-refractivity contribution is -0.154. The van der Waals surface area contributed by atoms with Gasteiger partial charge < -0.3 is 29.4 Å². The molecule has 3 N–H and O–H groups in total. The molecule has 1 spiro atoms. The van der Waals surface area contributed by atoms with Crippen LogP contribution in [0.1, 0.15) is 60.3 Å². The van der Waals surface area contributed by atoms with E-state index in [1.54, 1.807) is 13.8 Å². The number of H-pyrrole nitrogens is 1. The van der Waals surface area contributed by atoms with E-state index < -0.39 is 70.4 Å². The monoisotopic (exact) mass is 545 g/mol. The number of hydrogen-bond donors (Lipinski definition) is 3. The fourth-order valence-corrected chi connectivity index (χ4v) is 8.17. The summed E-state index contributed by atoms with van der Waals surface area (Å²) in [5.74, 6) is -6.09. The predicted octanol–water partition coefficient (Wildman–Crippen LogP) is 2.08. The Kier molecular flexibility index (Phi) is 4.51. The molecule has 11 heteroatoms. The first kappa shape index (κ1) is 24.5. The summed E-state index contributed by atoms with van der Waals surface area (Å²) in [7, 11) is 1.33. The molecule has 3 aromatic rings. The minimum atomic E-state index is -1.80. The zero-order chi connectivity index (χ0) is 28.6. The number of ketones is 2. The number of rotatable bonds is 2. The molecule has 0 radical (unpaired) electrons. The number of benzene rings is 2. The number of Topliss-reactive ketones (excluding diaryl/α,β-unsaturated/α-hetero) is 2. The summed E-state index contributed by atoms with van der Waals surface area (Å²) >= 11 is 0. The van der Waals surface area contributed by atoms with Gasteiger partial charge in [0, 0.05) is 36.7 Å². The third-order valence-corrected chi connectivity index (χ3v) is 9.26. The number of fused-ring (bicyclic) bond motifs is 4. The van der Waals surface area contributed by atoms with Crippen molar-refractivity contribution in [2.45, 2.75) is 37.9 Å². The second-order valence-corrected chi connectivity index (χ2v) is 11.0.